The number of nitrogens with zero attached hydrogens (tertiary/aromatic N) is 1. The van der Waals surface area contributed by atoms with Crippen molar-refractivity contribution in [3.05, 3.63) is 42.5 Å². The Morgan fingerprint density at radius 1 is 1.15 bits per heavy atom. The monoisotopic (exact) mass is 173 g/mol. The Balaban J connectivity index is 2.06. The van der Waals surface area contributed by atoms with Crippen LogP contribution >= 0.6 is 0 Å². The number of benzene rings is 1. The highest BCUT2D eigenvalue weighted by atomic mass is 16.5. The molecular weight excluding hydrogens is 162 g/mol. The molecular formula is C11H11NO. The van der Waals surface area contributed by atoms with Gasteiger partial charge in [0.25, 0.3) is 0 Å². The lowest BCUT2D eigenvalue weighted by Crippen LogP contribution is -2.08. The fourth-order valence-electron chi connectivity index (χ4n) is 1.16. The van der Waals surface area contributed by atoms with Crippen molar-refractivity contribution in [2.24, 2.45) is 4.99 Å². The van der Waals surface area contributed by atoms with Crippen LogP contribution in [0.25, 0.3) is 0 Å². The molecule has 0 spiro atoms. The second kappa shape index (κ2) is 3.90. The predicted molar refractivity (Wildman–Crippen MR) is 53.1 cm³/mol. The summed E-state index contributed by atoms with van der Waals surface area (Å²) in [4.78, 5) is 4.23. The van der Waals surface area contributed by atoms with Gasteiger partial charge in [-0.3, -0.25) is 4.99 Å². The fraction of sp³-hybridized carbons (Fsp3) is 0.182. The third kappa shape index (κ3) is 2.18. The first-order valence-corrected chi connectivity index (χ1v) is 4.39. The number of hydrogen-bond acceptors (Lipinski definition) is 2. The van der Waals surface area contributed by atoms with Gasteiger partial charge in [-0.25, -0.2) is 0 Å². The molecule has 0 aliphatic carbocycles. The Bertz CT molecular complexity index is 327. The van der Waals surface area contributed by atoms with Crippen LogP contribution in [0.5, 0.6) is 5.75 Å². The molecule has 0 aromatic heterocycles. The second-order valence-corrected chi connectivity index (χ2v) is 2.83. The number of para-hydroxylation sites is 1. The maximum Gasteiger partial charge on any atom is 0.214 e. The van der Waals surface area contributed by atoms with Gasteiger partial charge in [0, 0.05) is 6.54 Å². The van der Waals surface area contributed by atoms with Crippen LogP contribution in [-0.4, -0.2) is 12.4 Å². The lowest BCUT2D eigenvalue weighted by Gasteiger charge is -2.07. The third-order valence-corrected chi connectivity index (χ3v) is 1.79. The van der Waals surface area contributed by atoms with E-state index in [1.54, 1.807) is 0 Å². The quantitative estimate of drug-likeness (QED) is 0.639. The van der Waals surface area contributed by atoms with Crippen molar-refractivity contribution in [3.63, 3.8) is 0 Å². The lowest BCUT2D eigenvalue weighted by molar-refractivity contribution is 0.549. The summed E-state index contributed by atoms with van der Waals surface area (Å²) in [6, 6.07) is 9.70. The fourth-order valence-corrected chi connectivity index (χ4v) is 1.16. The molecule has 0 amide bonds. The van der Waals surface area contributed by atoms with Gasteiger partial charge in [-0.1, -0.05) is 24.3 Å². The predicted octanol–water partition coefficient (Wildman–Crippen LogP) is 2.42. The minimum absolute atomic E-state index is 0.706. The number of ether oxygens (including phenoxy) is 1. The first-order valence-electron chi connectivity index (χ1n) is 4.39. The topological polar surface area (TPSA) is 21.6 Å². The van der Waals surface area contributed by atoms with Crippen LogP contribution < -0.4 is 4.74 Å². The van der Waals surface area contributed by atoms with Crippen LogP contribution in [-0.2, 0) is 0 Å². The second-order valence-electron chi connectivity index (χ2n) is 2.83. The molecule has 66 valence electrons. The molecule has 2 nitrogen and oxygen atoms in total. The number of hydrogen-bond donors (Lipinski definition) is 0. The number of dihydropyridines is 1. The molecule has 0 saturated heterocycles. The normalized spacial score (nSPS) is 15.2. The van der Waals surface area contributed by atoms with E-state index in [4.69, 9.17) is 4.74 Å². The zero-order valence-corrected chi connectivity index (χ0v) is 7.31. The molecule has 2 rings (SSSR count). The molecule has 1 heterocycles. The van der Waals surface area contributed by atoms with Crippen molar-refractivity contribution in [1.29, 1.82) is 0 Å². The SMILES string of the molecule is C1=CC(Oc2ccccc2)=NCC1. The molecule has 0 unspecified atom stereocenters. The van der Waals surface area contributed by atoms with E-state index in [2.05, 4.69) is 11.1 Å². The van der Waals surface area contributed by atoms with Gasteiger partial charge in [0.2, 0.25) is 5.90 Å². The highest BCUT2D eigenvalue weighted by Gasteiger charge is 2.00. The Kier molecular flexibility index (Phi) is 2.41. The number of rotatable bonds is 1. The summed E-state index contributed by atoms with van der Waals surface area (Å²) in [6.45, 7) is 0.832. The third-order valence-electron chi connectivity index (χ3n) is 1.79. The van der Waals surface area contributed by atoms with E-state index in [1.165, 1.54) is 0 Å². The Labute approximate surface area is 77.6 Å². The Hall–Kier alpha value is -1.57. The summed E-state index contributed by atoms with van der Waals surface area (Å²) >= 11 is 0. The highest BCUT2D eigenvalue weighted by Crippen LogP contribution is 2.10. The van der Waals surface area contributed by atoms with Gasteiger partial charge in [0.15, 0.2) is 0 Å². The summed E-state index contributed by atoms with van der Waals surface area (Å²) in [5.41, 5.74) is 0. The average molecular weight is 173 g/mol. The molecule has 0 fully saturated rings. The van der Waals surface area contributed by atoms with Gasteiger partial charge >= 0.3 is 0 Å². The van der Waals surface area contributed by atoms with Gasteiger partial charge in [-0.05, 0) is 24.6 Å². The van der Waals surface area contributed by atoms with Crippen molar-refractivity contribution < 1.29 is 4.74 Å². The summed E-state index contributed by atoms with van der Waals surface area (Å²) in [7, 11) is 0. The Morgan fingerprint density at radius 3 is 2.69 bits per heavy atom. The summed E-state index contributed by atoms with van der Waals surface area (Å²) in [5.74, 6) is 1.55. The van der Waals surface area contributed by atoms with Gasteiger partial charge in [0.1, 0.15) is 5.75 Å². The first-order chi connectivity index (χ1) is 6.45. The van der Waals surface area contributed by atoms with Gasteiger partial charge in [-0.15, -0.1) is 0 Å². The highest BCUT2D eigenvalue weighted by molar-refractivity contribution is 5.90. The van der Waals surface area contributed by atoms with E-state index in [0.717, 1.165) is 18.7 Å². The van der Waals surface area contributed by atoms with Gasteiger partial charge in [-0.2, -0.15) is 0 Å². The maximum absolute atomic E-state index is 5.52. The molecule has 0 N–H and O–H groups in total. The first kappa shape index (κ1) is 8.05. The van der Waals surface area contributed by atoms with E-state index in [9.17, 15) is 0 Å². The van der Waals surface area contributed by atoms with Gasteiger partial charge < -0.3 is 4.74 Å². The van der Waals surface area contributed by atoms with Crippen molar-refractivity contribution in [2.75, 3.05) is 6.54 Å². The molecule has 1 aliphatic rings. The van der Waals surface area contributed by atoms with Crippen LogP contribution in [0.15, 0.2) is 47.5 Å². The molecule has 1 aromatic rings. The maximum atomic E-state index is 5.52. The molecule has 1 aromatic carbocycles. The molecule has 0 atom stereocenters. The van der Waals surface area contributed by atoms with Crippen LogP contribution in [0, 0.1) is 0 Å². The molecule has 0 bridgehead atoms. The van der Waals surface area contributed by atoms with Gasteiger partial charge in [0.05, 0.1) is 0 Å². The molecule has 0 radical (unpaired) electrons. The molecule has 2 heteroatoms. The van der Waals surface area contributed by atoms with E-state index in [-0.39, 0.29) is 0 Å². The van der Waals surface area contributed by atoms with Crippen molar-refractivity contribution in [2.45, 2.75) is 6.42 Å². The summed E-state index contributed by atoms with van der Waals surface area (Å²) in [6.07, 6.45) is 5.00. The summed E-state index contributed by atoms with van der Waals surface area (Å²) in [5, 5.41) is 0. The van der Waals surface area contributed by atoms with E-state index in [0.29, 0.717) is 5.90 Å². The van der Waals surface area contributed by atoms with Crippen LogP contribution in [0.3, 0.4) is 0 Å². The average Bonchev–Trinajstić information content (AvgIpc) is 2.21. The molecule has 1 aliphatic heterocycles. The zero-order valence-electron chi connectivity index (χ0n) is 7.31. The minimum Gasteiger partial charge on any atom is -0.439 e. The number of aliphatic imine (C=N–C) groups is 1. The van der Waals surface area contributed by atoms with Crippen LogP contribution in [0.1, 0.15) is 6.42 Å². The molecule has 13 heavy (non-hydrogen) atoms. The van der Waals surface area contributed by atoms with Crippen LogP contribution in [0.4, 0.5) is 0 Å². The van der Waals surface area contributed by atoms with Crippen molar-refractivity contribution >= 4 is 5.90 Å². The Morgan fingerprint density at radius 2 is 2.00 bits per heavy atom. The van der Waals surface area contributed by atoms with E-state index < -0.39 is 0 Å². The molecule has 0 saturated carbocycles. The standard InChI is InChI=1S/C11H11NO/c1-2-6-10(7-3-1)13-11-8-4-5-9-12-11/h1-4,6-8H,5,9H2. The van der Waals surface area contributed by atoms with Crippen LogP contribution in [0.2, 0.25) is 0 Å². The van der Waals surface area contributed by atoms with E-state index >= 15 is 0 Å². The smallest absolute Gasteiger partial charge is 0.214 e. The van der Waals surface area contributed by atoms with Crippen molar-refractivity contribution in [3.8, 4) is 5.75 Å². The minimum atomic E-state index is 0.706. The van der Waals surface area contributed by atoms with Crippen molar-refractivity contribution in [1.82, 2.24) is 0 Å². The summed E-state index contributed by atoms with van der Waals surface area (Å²) < 4.78 is 5.52. The van der Waals surface area contributed by atoms with E-state index in [1.807, 2.05) is 36.4 Å². The lowest BCUT2D eigenvalue weighted by atomic mass is 10.3. The largest absolute Gasteiger partial charge is 0.439 e. The zero-order chi connectivity index (χ0) is 8.93.